The summed E-state index contributed by atoms with van der Waals surface area (Å²) in [5.74, 6) is -1.55. The molecule has 0 radical (unpaired) electrons. The largest absolute Gasteiger partial charge is 0.480 e. The maximum Gasteiger partial charge on any atom is 0.328 e. The quantitative estimate of drug-likeness (QED) is 0.631. The van der Waals surface area contributed by atoms with Gasteiger partial charge in [0.15, 0.2) is 6.04 Å². The molecule has 0 saturated carbocycles. The van der Waals surface area contributed by atoms with Crippen molar-refractivity contribution in [3.05, 3.63) is 0 Å². The van der Waals surface area contributed by atoms with Crippen LogP contribution in [0.2, 0.25) is 0 Å². The molecule has 1 aliphatic heterocycles. The maximum atomic E-state index is 11.7. The smallest absolute Gasteiger partial charge is 0.328 e. The van der Waals surface area contributed by atoms with E-state index in [9.17, 15) is 14.4 Å². The molecule has 102 valence electrons. The highest BCUT2D eigenvalue weighted by atomic mass is 16.5. The van der Waals surface area contributed by atoms with Crippen LogP contribution >= 0.6 is 0 Å². The fraction of sp³-hybridized carbons (Fsp3) is 0.700. The lowest BCUT2D eigenvalue weighted by atomic mass is 10.2. The highest BCUT2D eigenvalue weighted by Crippen LogP contribution is 2.07. The van der Waals surface area contributed by atoms with Crippen molar-refractivity contribution < 1.29 is 29.0 Å². The van der Waals surface area contributed by atoms with Crippen LogP contribution in [-0.4, -0.2) is 67.4 Å². The van der Waals surface area contributed by atoms with Gasteiger partial charge in [-0.2, -0.15) is 0 Å². The van der Waals surface area contributed by atoms with E-state index in [1.165, 1.54) is 12.0 Å². The molecule has 1 unspecified atom stereocenters. The van der Waals surface area contributed by atoms with E-state index in [-0.39, 0.29) is 26.1 Å². The second-order valence-corrected chi connectivity index (χ2v) is 3.68. The molecule has 0 aliphatic carbocycles. The van der Waals surface area contributed by atoms with Crippen LogP contribution in [0.3, 0.4) is 0 Å². The fourth-order valence-corrected chi connectivity index (χ4v) is 1.53. The number of urea groups is 1. The monoisotopic (exact) mass is 260 g/mol. The number of nitrogens with zero attached hydrogens (tertiary/aromatic N) is 1. The molecule has 0 aromatic rings. The summed E-state index contributed by atoms with van der Waals surface area (Å²) in [7, 11) is 1.26. The number of esters is 1. The van der Waals surface area contributed by atoms with Gasteiger partial charge in [0.05, 0.1) is 26.7 Å². The Morgan fingerprint density at radius 2 is 2.22 bits per heavy atom. The number of aliphatic carboxylic acids is 1. The Balaban J connectivity index is 2.43. The molecule has 0 bridgehead atoms. The average Bonchev–Trinajstić information content (AvgIpc) is 2.38. The molecule has 2 N–H and O–H groups in total. The van der Waals surface area contributed by atoms with Crippen molar-refractivity contribution in [1.82, 2.24) is 10.2 Å². The molecule has 18 heavy (non-hydrogen) atoms. The Morgan fingerprint density at radius 3 is 2.83 bits per heavy atom. The van der Waals surface area contributed by atoms with Crippen LogP contribution in [0.4, 0.5) is 4.79 Å². The summed E-state index contributed by atoms with van der Waals surface area (Å²) in [5, 5.41) is 11.4. The van der Waals surface area contributed by atoms with Crippen LogP contribution in [0.15, 0.2) is 0 Å². The molecule has 0 aromatic carbocycles. The van der Waals surface area contributed by atoms with Gasteiger partial charge in [-0.25, -0.2) is 9.59 Å². The summed E-state index contributed by atoms with van der Waals surface area (Å²) in [4.78, 5) is 34.7. The van der Waals surface area contributed by atoms with Crippen LogP contribution < -0.4 is 5.32 Å². The van der Waals surface area contributed by atoms with Crippen molar-refractivity contribution in [3.8, 4) is 0 Å². The van der Waals surface area contributed by atoms with Crippen molar-refractivity contribution in [2.75, 3.05) is 33.4 Å². The van der Waals surface area contributed by atoms with Gasteiger partial charge in [0.2, 0.25) is 0 Å². The molecule has 1 fully saturated rings. The molecule has 8 nitrogen and oxygen atoms in total. The zero-order valence-corrected chi connectivity index (χ0v) is 10.0. The Morgan fingerprint density at radius 1 is 1.50 bits per heavy atom. The number of carbonyl (C=O) groups is 3. The van der Waals surface area contributed by atoms with E-state index in [1.54, 1.807) is 0 Å². The number of nitrogens with one attached hydrogen (secondary N) is 1. The molecule has 1 aliphatic rings. The Kier molecular flexibility index (Phi) is 5.37. The third-order valence-corrected chi connectivity index (χ3v) is 2.51. The summed E-state index contributed by atoms with van der Waals surface area (Å²) in [6.45, 7) is 0.587. The molecule has 0 spiro atoms. The zero-order chi connectivity index (χ0) is 13.5. The van der Waals surface area contributed by atoms with Crippen LogP contribution in [0, 0.1) is 0 Å². The summed E-state index contributed by atoms with van der Waals surface area (Å²) < 4.78 is 9.43. The molecule has 1 atom stereocenters. The third-order valence-electron chi connectivity index (χ3n) is 2.51. The van der Waals surface area contributed by atoms with Gasteiger partial charge < -0.3 is 24.8 Å². The number of amides is 2. The number of carboxylic acids is 1. The van der Waals surface area contributed by atoms with E-state index in [2.05, 4.69) is 10.1 Å². The normalized spacial score (nSPS) is 19.2. The van der Waals surface area contributed by atoms with Gasteiger partial charge >= 0.3 is 18.0 Å². The van der Waals surface area contributed by atoms with E-state index in [1.807, 2.05) is 0 Å². The lowest BCUT2D eigenvalue weighted by Gasteiger charge is -2.32. The van der Waals surface area contributed by atoms with E-state index < -0.39 is 24.0 Å². The lowest BCUT2D eigenvalue weighted by Crippen LogP contribution is -2.55. The van der Waals surface area contributed by atoms with Crippen molar-refractivity contribution in [2.45, 2.75) is 12.5 Å². The van der Waals surface area contributed by atoms with Crippen LogP contribution in [0.25, 0.3) is 0 Å². The van der Waals surface area contributed by atoms with Gasteiger partial charge in [-0.3, -0.25) is 4.79 Å². The van der Waals surface area contributed by atoms with E-state index >= 15 is 0 Å². The number of morpholine rings is 1. The second kappa shape index (κ2) is 6.80. The highest BCUT2D eigenvalue weighted by molar-refractivity contribution is 5.83. The minimum Gasteiger partial charge on any atom is -0.480 e. The first kappa shape index (κ1) is 14.2. The van der Waals surface area contributed by atoms with E-state index in [4.69, 9.17) is 9.84 Å². The Hall–Kier alpha value is -1.83. The van der Waals surface area contributed by atoms with Gasteiger partial charge in [0, 0.05) is 13.1 Å². The Labute approximate surface area is 104 Å². The number of rotatable bonds is 4. The number of carboxylic acid groups (broad SMARTS) is 1. The van der Waals surface area contributed by atoms with Crippen molar-refractivity contribution in [1.29, 1.82) is 0 Å². The molecule has 1 saturated heterocycles. The molecule has 8 heteroatoms. The summed E-state index contributed by atoms with van der Waals surface area (Å²) in [6, 6.07) is -1.51. The highest BCUT2D eigenvalue weighted by Gasteiger charge is 2.32. The number of hydrogen-bond donors (Lipinski definition) is 2. The summed E-state index contributed by atoms with van der Waals surface area (Å²) in [5.41, 5.74) is 0. The van der Waals surface area contributed by atoms with Crippen LogP contribution in [0.5, 0.6) is 0 Å². The predicted octanol–water partition coefficient (Wildman–Crippen LogP) is -0.955. The minimum absolute atomic E-state index is 0.0280. The summed E-state index contributed by atoms with van der Waals surface area (Å²) >= 11 is 0. The number of ether oxygens (including phenoxy) is 2. The fourth-order valence-electron chi connectivity index (χ4n) is 1.53. The predicted molar refractivity (Wildman–Crippen MR) is 59.0 cm³/mol. The molecule has 2 amide bonds. The first-order valence-electron chi connectivity index (χ1n) is 5.48. The van der Waals surface area contributed by atoms with Gasteiger partial charge in [-0.15, -0.1) is 0 Å². The Bertz CT molecular complexity index is 332. The minimum atomic E-state index is -1.11. The van der Waals surface area contributed by atoms with Crippen molar-refractivity contribution in [3.63, 3.8) is 0 Å². The van der Waals surface area contributed by atoms with Gasteiger partial charge in [-0.1, -0.05) is 0 Å². The molecular formula is C10H16N2O6. The van der Waals surface area contributed by atoms with Crippen LogP contribution in [-0.2, 0) is 19.1 Å². The van der Waals surface area contributed by atoms with Crippen molar-refractivity contribution >= 4 is 18.0 Å². The van der Waals surface area contributed by atoms with Crippen LogP contribution in [0.1, 0.15) is 6.42 Å². The number of hydrogen-bond acceptors (Lipinski definition) is 5. The topological polar surface area (TPSA) is 105 Å². The maximum absolute atomic E-state index is 11.7. The van der Waals surface area contributed by atoms with Crippen molar-refractivity contribution in [2.24, 2.45) is 0 Å². The molecule has 1 rings (SSSR count). The summed E-state index contributed by atoms with van der Waals surface area (Å²) in [6.07, 6.45) is 0.0460. The SMILES string of the molecule is COC(=O)CCNC(=O)N1CCOCC1C(=O)O. The molecule has 0 aromatic heterocycles. The third kappa shape index (κ3) is 3.88. The van der Waals surface area contributed by atoms with Gasteiger partial charge in [0.25, 0.3) is 0 Å². The zero-order valence-electron chi connectivity index (χ0n) is 10.0. The number of methoxy groups -OCH3 is 1. The first-order valence-corrected chi connectivity index (χ1v) is 5.48. The van der Waals surface area contributed by atoms with E-state index in [0.717, 1.165) is 0 Å². The van der Waals surface area contributed by atoms with E-state index in [0.29, 0.717) is 6.61 Å². The standard InChI is InChI=1S/C10H16N2O6/c1-17-8(13)2-3-11-10(16)12-4-5-18-6-7(12)9(14)15/h7H,2-6H2,1H3,(H,11,16)(H,14,15). The van der Waals surface area contributed by atoms with Gasteiger partial charge in [-0.05, 0) is 0 Å². The van der Waals surface area contributed by atoms with Gasteiger partial charge in [0.1, 0.15) is 0 Å². The molecule has 1 heterocycles. The average molecular weight is 260 g/mol. The number of carbonyl (C=O) groups excluding carboxylic acids is 2. The second-order valence-electron chi connectivity index (χ2n) is 3.68. The lowest BCUT2D eigenvalue weighted by molar-refractivity contribution is -0.147. The first-order chi connectivity index (χ1) is 8.56. The molecular weight excluding hydrogens is 244 g/mol.